The lowest BCUT2D eigenvalue weighted by atomic mass is 10.2. The summed E-state index contributed by atoms with van der Waals surface area (Å²) in [6, 6.07) is 5.12. The molecular formula is C13H12Cl2F2N4O. The molecular weight excluding hydrogens is 337 g/mol. The van der Waals surface area contributed by atoms with Crippen molar-refractivity contribution in [3.8, 4) is 0 Å². The second kappa shape index (κ2) is 7.02. The van der Waals surface area contributed by atoms with Gasteiger partial charge in [0.2, 0.25) is 0 Å². The van der Waals surface area contributed by atoms with Crippen LogP contribution in [0, 0.1) is 0 Å². The average Bonchev–Trinajstić information content (AvgIpc) is 2.75. The molecule has 0 atom stereocenters. The molecule has 2 aromatic heterocycles. The summed E-state index contributed by atoms with van der Waals surface area (Å²) < 4.78 is 26.8. The second-order valence-corrected chi connectivity index (χ2v) is 5.18. The van der Waals surface area contributed by atoms with Crippen LogP contribution in [0.1, 0.15) is 28.2 Å². The van der Waals surface area contributed by atoms with Crippen molar-refractivity contribution in [2.75, 3.05) is 6.54 Å². The summed E-state index contributed by atoms with van der Waals surface area (Å²) in [4.78, 5) is 16.1. The number of hydrogen-bond donors (Lipinski definition) is 1. The van der Waals surface area contributed by atoms with Crippen molar-refractivity contribution in [3.63, 3.8) is 0 Å². The number of halogens is 4. The van der Waals surface area contributed by atoms with E-state index in [-0.39, 0.29) is 17.3 Å². The van der Waals surface area contributed by atoms with Crippen molar-refractivity contribution < 1.29 is 13.6 Å². The minimum Gasteiger partial charge on any atom is -0.351 e. The van der Waals surface area contributed by atoms with E-state index in [0.717, 1.165) is 4.68 Å². The second-order valence-electron chi connectivity index (χ2n) is 4.43. The lowest BCUT2D eigenvalue weighted by Gasteiger charge is -2.06. The molecule has 0 aromatic carbocycles. The molecule has 1 N–H and O–H groups in total. The Morgan fingerprint density at radius 1 is 1.41 bits per heavy atom. The maximum Gasteiger partial charge on any atom is 0.283 e. The molecule has 0 radical (unpaired) electrons. The lowest BCUT2D eigenvalue weighted by molar-refractivity contribution is 0.0939. The van der Waals surface area contributed by atoms with E-state index in [2.05, 4.69) is 15.4 Å². The average molecular weight is 349 g/mol. The molecule has 0 saturated carbocycles. The Hall–Kier alpha value is -1.73. The maximum atomic E-state index is 12.9. The summed E-state index contributed by atoms with van der Waals surface area (Å²) >= 11 is 11.6. The van der Waals surface area contributed by atoms with E-state index in [4.69, 9.17) is 23.2 Å². The van der Waals surface area contributed by atoms with Crippen LogP contribution in [0.25, 0.3) is 0 Å². The van der Waals surface area contributed by atoms with Gasteiger partial charge in [0.25, 0.3) is 12.3 Å². The third-order valence-electron chi connectivity index (χ3n) is 2.88. The first-order valence-electron chi connectivity index (χ1n) is 6.30. The normalized spacial score (nSPS) is 11.0. The Balaban J connectivity index is 2.04. The van der Waals surface area contributed by atoms with E-state index in [0.29, 0.717) is 17.3 Å². The molecule has 0 aliphatic heterocycles. The number of rotatable bonds is 5. The van der Waals surface area contributed by atoms with Gasteiger partial charge in [-0.1, -0.05) is 29.3 Å². The van der Waals surface area contributed by atoms with E-state index in [9.17, 15) is 13.6 Å². The maximum absolute atomic E-state index is 12.9. The smallest absolute Gasteiger partial charge is 0.283 e. The number of nitrogens with zero attached hydrogens (tertiary/aromatic N) is 3. The zero-order valence-electron chi connectivity index (χ0n) is 11.5. The highest BCUT2D eigenvalue weighted by molar-refractivity contribution is 6.33. The predicted octanol–water partition coefficient (Wildman–Crippen LogP) is 3.03. The number of aromatic nitrogens is 3. The molecule has 0 bridgehead atoms. The van der Waals surface area contributed by atoms with Gasteiger partial charge in [-0.15, -0.1) is 0 Å². The van der Waals surface area contributed by atoms with Crippen LogP contribution in [0.15, 0.2) is 18.2 Å². The number of amides is 1. The largest absolute Gasteiger partial charge is 0.351 e. The van der Waals surface area contributed by atoms with Gasteiger partial charge in [0.05, 0.1) is 0 Å². The molecule has 5 nitrogen and oxygen atoms in total. The minimum atomic E-state index is -2.88. The molecule has 0 unspecified atom stereocenters. The number of carbonyl (C=O) groups excluding carboxylic acids is 1. The zero-order valence-corrected chi connectivity index (χ0v) is 13.0. The van der Waals surface area contributed by atoms with Crippen LogP contribution >= 0.6 is 23.2 Å². The van der Waals surface area contributed by atoms with Crippen LogP contribution in [-0.4, -0.2) is 27.2 Å². The minimum absolute atomic E-state index is 0.131. The SMILES string of the molecule is Cn1nc(C(F)F)c(C(=O)NCCc2cccc(Cl)n2)c1Cl. The molecule has 0 spiro atoms. The first-order valence-corrected chi connectivity index (χ1v) is 7.06. The summed E-state index contributed by atoms with van der Waals surface area (Å²) in [6.45, 7) is 0.208. The topological polar surface area (TPSA) is 59.8 Å². The number of alkyl halides is 2. The monoisotopic (exact) mass is 348 g/mol. The van der Waals surface area contributed by atoms with Gasteiger partial charge in [0, 0.05) is 25.7 Å². The van der Waals surface area contributed by atoms with Crippen LogP contribution in [-0.2, 0) is 13.5 Å². The number of carbonyl (C=O) groups is 1. The van der Waals surface area contributed by atoms with Crippen LogP contribution in [0.4, 0.5) is 8.78 Å². The molecule has 118 valence electrons. The Kier molecular flexibility index (Phi) is 5.31. The fourth-order valence-electron chi connectivity index (χ4n) is 1.87. The fourth-order valence-corrected chi connectivity index (χ4v) is 2.27. The van der Waals surface area contributed by atoms with Gasteiger partial charge in [0.1, 0.15) is 21.6 Å². The van der Waals surface area contributed by atoms with Crippen molar-refractivity contribution in [1.82, 2.24) is 20.1 Å². The van der Waals surface area contributed by atoms with Crippen LogP contribution in [0.2, 0.25) is 10.3 Å². The molecule has 22 heavy (non-hydrogen) atoms. The molecule has 9 heteroatoms. The number of hydrogen-bond acceptors (Lipinski definition) is 3. The highest BCUT2D eigenvalue weighted by Crippen LogP contribution is 2.27. The first kappa shape index (κ1) is 16.6. The Morgan fingerprint density at radius 2 is 2.14 bits per heavy atom. The summed E-state index contributed by atoms with van der Waals surface area (Å²) in [5, 5.41) is 6.29. The Bertz CT molecular complexity index is 691. The van der Waals surface area contributed by atoms with E-state index in [1.54, 1.807) is 18.2 Å². The molecule has 0 aliphatic rings. The predicted molar refractivity (Wildman–Crippen MR) is 78.5 cm³/mol. The van der Waals surface area contributed by atoms with Crippen LogP contribution < -0.4 is 5.32 Å². The van der Waals surface area contributed by atoms with Gasteiger partial charge < -0.3 is 5.32 Å². The number of pyridine rings is 1. The van der Waals surface area contributed by atoms with Gasteiger partial charge in [-0.05, 0) is 12.1 Å². The molecule has 0 fully saturated rings. The molecule has 0 saturated heterocycles. The zero-order chi connectivity index (χ0) is 16.3. The van der Waals surface area contributed by atoms with Crippen molar-refractivity contribution >= 4 is 29.1 Å². The third kappa shape index (κ3) is 3.72. The van der Waals surface area contributed by atoms with Crippen molar-refractivity contribution in [3.05, 3.63) is 45.5 Å². The van der Waals surface area contributed by atoms with Gasteiger partial charge in [-0.3, -0.25) is 9.48 Å². The summed E-state index contributed by atoms with van der Waals surface area (Å²) in [5.74, 6) is -0.699. The summed E-state index contributed by atoms with van der Waals surface area (Å²) in [6.07, 6.45) is -2.47. The molecule has 1 amide bonds. The summed E-state index contributed by atoms with van der Waals surface area (Å²) in [7, 11) is 1.39. The highest BCUT2D eigenvalue weighted by atomic mass is 35.5. The standard InChI is InChI=1S/C13H12Cl2F2N4O/c1-21-11(15)9(10(20-21)12(16)17)13(22)18-6-5-7-3-2-4-8(14)19-7/h2-4,12H,5-6H2,1H3,(H,18,22). The Morgan fingerprint density at radius 3 is 2.77 bits per heavy atom. The molecule has 0 aliphatic carbocycles. The van der Waals surface area contributed by atoms with Gasteiger partial charge >= 0.3 is 0 Å². The lowest BCUT2D eigenvalue weighted by Crippen LogP contribution is -2.27. The van der Waals surface area contributed by atoms with Crippen LogP contribution in [0.3, 0.4) is 0 Å². The van der Waals surface area contributed by atoms with E-state index in [1.807, 2.05) is 0 Å². The highest BCUT2D eigenvalue weighted by Gasteiger charge is 2.26. The number of nitrogens with one attached hydrogen (secondary N) is 1. The van der Waals surface area contributed by atoms with Crippen LogP contribution in [0.5, 0.6) is 0 Å². The van der Waals surface area contributed by atoms with E-state index < -0.39 is 18.0 Å². The number of aryl methyl sites for hydroxylation is 1. The quantitative estimate of drug-likeness (QED) is 0.845. The molecule has 2 rings (SSSR count). The van der Waals surface area contributed by atoms with Gasteiger partial charge in [0.15, 0.2) is 0 Å². The van der Waals surface area contributed by atoms with Crippen molar-refractivity contribution in [1.29, 1.82) is 0 Å². The molecule has 2 aromatic rings. The fraction of sp³-hybridized carbons (Fsp3) is 0.308. The van der Waals surface area contributed by atoms with Gasteiger partial charge in [-0.2, -0.15) is 5.10 Å². The van der Waals surface area contributed by atoms with E-state index >= 15 is 0 Å². The third-order valence-corrected chi connectivity index (χ3v) is 3.52. The summed E-state index contributed by atoms with van der Waals surface area (Å²) in [5.41, 5.74) is -0.261. The Labute approximate surface area is 135 Å². The van der Waals surface area contributed by atoms with Crippen molar-refractivity contribution in [2.45, 2.75) is 12.8 Å². The van der Waals surface area contributed by atoms with Crippen molar-refractivity contribution in [2.24, 2.45) is 7.05 Å². The van der Waals surface area contributed by atoms with Gasteiger partial charge in [-0.25, -0.2) is 13.8 Å². The van der Waals surface area contributed by atoms with E-state index in [1.165, 1.54) is 7.05 Å². The first-order chi connectivity index (χ1) is 10.4. The molecule has 2 heterocycles.